The molecule has 144 valence electrons. The second kappa shape index (κ2) is 10.2. The Morgan fingerprint density at radius 3 is 1.21 bits per heavy atom. The maximum Gasteiger partial charge on any atom is 0.115 e. The summed E-state index contributed by atoms with van der Waals surface area (Å²) in [6.45, 7) is 0. The van der Waals surface area contributed by atoms with Crippen LogP contribution in [-0.4, -0.2) is 6.16 Å². The van der Waals surface area contributed by atoms with Gasteiger partial charge < -0.3 is 12.4 Å². The van der Waals surface area contributed by atoms with Crippen molar-refractivity contribution in [2.45, 2.75) is 0 Å². The molecule has 0 bridgehead atoms. The summed E-state index contributed by atoms with van der Waals surface area (Å²) in [6, 6.07) is 43.6. The van der Waals surface area contributed by atoms with E-state index in [1.807, 2.05) is 0 Å². The molecule has 0 spiro atoms. The fourth-order valence-corrected chi connectivity index (χ4v) is 7.71. The van der Waals surface area contributed by atoms with Crippen LogP contribution in [-0.2, 0) is 0 Å². The van der Waals surface area contributed by atoms with Gasteiger partial charge in [-0.3, -0.25) is 0 Å². The zero-order chi connectivity index (χ0) is 19.1. The highest BCUT2D eigenvalue weighted by Crippen LogP contribution is 2.55. The number of halogens is 1. The van der Waals surface area contributed by atoms with Crippen molar-refractivity contribution in [2.24, 2.45) is 0 Å². The smallest absolute Gasteiger partial charge is 0.115 e. The maximum absolute atomic E-state index is 2.36. The lowest BCUT2D eigenvalue weighted by molar-refractivity contribution is -0.00000533. The van der Waals surface area contributed by atoms with Gasteiger partial charge in [0.2, 0.25) is 0 Å². The van der Waals surface area contributed by atoms with E-state index in [0.29, 0.717) is 0 Å². The third kappa shape index (κ3) is 4.67. The third-order valence-electron chi connectivity index (χ3n) is 5.08. The van der Waals surface area contributed by atoms with Gasteiger partial charge in [0.15, 0.2) is 0 Å². The Morgan fingerprint density at radius 1 is 0.483 bits per heavy atom. The average molecular weight is 415 g/mol. The average Bonchev–Trinajstić information content (AvgIpc) is 2.79. The quantitative estimate of drug-likeness (QED) is 0.426. The molecule has 0 unspecified atom stereocenters. The molecule has 0 radical (unpaired) electrons. The molecule has 0 N–H and O–H groups in total. The standard InChI is InChI=1S/C27H24P.ClH/c1-5-14-24(15-6-1)16-13-23-28(25-17-7-2-8-18-25,26-19-9-3-10-20-26)27-21-11-4-12-22-27;/h1-22H,23H2;1H/q+1;/p-1. The topological polar surface area (TPSA) is 0 Å². The molecular formula is C27H24ClP. The lowest BCUT2D eigenvalue weighted by atomic mass is 10.2. The number of benzene rings is 4. The fourth-order valence-electron chi connectivity index (χ4n) is 3.72. The summed E-state index contributed by atoms with van der Waals surface area (Å²) in [5.74, 6) is 0. The van der Waals surface area contributed by atoms with Gasteiger partial charge in [0.25, 0.3) is 0 Å². The zero-order valence-electron chi connectivity index (χ0n) is 16.2. The van der Waals surface area contributed by atoms with Gasteiger partial charge in [-0.05, 0) is 48.0 Å². The number of hydrogen-bond donors (Lipinski definition) is 0. The van der Waals surface area contributed by atoms with E-state index in [2.05, 4.69) is 133 Å². The van der Waals surface area contributed by atoms with Gasteiger partial charge in [0, 0.05) is 0 Å². The van der Waals surface area contributed by atoms with E-state index in [4.69, 9.17) is 0 Å². The van der Waals surface area contributed by atoms with E-state index < -0.39 is 7.26 Å². The Kier molecular flexibility index (Phi) is 7.42. The Balaban J connectivity index is 0.00000240. The lowest BCUT2D eigenvalue weighted by Gasteiger charge is -2.26. The van der Waals surface area contributed by atoms with Crippen LogP contribution in [0.25, 0.3) is 6.08 Å². The van der Waals surface area contributed by atoms with Crippen molar-refractivity contribution in [3.8, 4) is 0 Å². The van der Waals surface area contributed by atoms with Crippen molar-refractivity contribution in [1.29, 1.82) is 0 Å². The highest BCUT2D eigenvalue weighted by Gasteiger charge is 2.43. The molecule has 0 saturated heterocycles. The molecule has 0 heterocycles. The van der Waals surface area contributed by atoms with Crippen LogP contribution in [0.15, 0.2) is 127 Å². The lowest BCUT2D eigenvalue weighted by Crippen LogP contribution is -3.00. The molecule has 0 nitrogen and oxygen atoms in total. The second-order valence-corrected chi connectivity index (χ2v) is 10.3. The molecular weight excluding hydrogens is 391 g/mol. The van der Waals surface area contributed by atoms with Gasteiger partial charge in [-0.2, -0.15) is 0 Å². The Hall–Kier alpha value is -2.66. The Labute approximate surface area is 180 Å². The van der Waals surface area contributed by atoms with Crippen LogP contribution in [0.3, 0.4) is 0 Å². The van der Waals surface area contributed by atoms with Crippen molar-refractivity contribution in [3.05, 3.63) is 133 Å². The van der Waals surface area contributed by atoms with E-state index in [1.54, 1.807) is 0 Å². The first kappa shape index (κ1) is 21.1. The molecule has 0 aromatic heterocycles. The molecule has 0 fully saturated rings. The molecule has 0 aliphatic carbocycles. The van der Waals surface area contributed by atoms with Crippen LogP contribution >= 0.6 is 7.26 Å². The van der Waals surface area contributed by atoms with E-state index >= 15 is 0 Å². The molecule has 0 atom stereocenters. The van der Waals surface area contributed by atoms with Crippen LogP contribution in [0.2, 0.25) is 0 Å². The maximum atomic E-state index is 2.36. The minimum absolute atomic E-state index is 0. The third-order valence-corrected chi connectivity index (χ3v) is 9.38. The van der Waals surface area contributed by atoms with Crippen molar-refractivity contribution in [3.63, 3.8) is 0 Å². The van der Waals surface area contributed by atoms with E-state index in [0.717, 1.165) is 6.16 Å². The molecule has 0 aliphatic heterocycles. The Bertz CT molecular complexity index is 916. The highest BCUT2D eigenvalue weighted by atomic mass is 35.5. The molecule has 4 aromatic carbocycles. The number of rotatable bonds is 6. The van der Waals surface area contributed by atoms with Crippen molar-refractivity contribution < 1.29 is 12.4 Å². The Morgan fingerprint density at radius 2 is 0.828 bits per heavy atom. The van der Waals surface area contributed by atoms with Crippen LogP contribution in [0.1, 0.15) is 5.56 Å². The van der Waals surface area contributed by atoms with Gasteiger partial charge in [-0.15, -0.1) is 0 Å². The minimum atomic E-state index is -1.78. The molecule has 4 aromatic rings. The first-order chi connectivity index (χ1) is 13.9. The summed E-state index contributed by atoms with van der Waals surface area (Å²) in [6.07, 6.45) is 5.61. The van der Waals surface area contributed by atoms with E-state index in [-0.39, 0.29) is 12.4 Å². The van der Waals surface area contributed by atoms with Crippen LogP contribution in [0.5, 0.6) is 0 Å². The predicted molar refractivity (Wildman–Crippen MR) is 125 cm³/mol. The first-order valence-electron chi connectivity index (χ1n) is 9.66. The van der Waals surface area contributed by atoms with Gasteiger partial charge in [-0.25, -0.2) is 0 Å². The fraction of sp³-hybridized carbons (Fsp3) is 0.0370. The summed E-state index contributed by atoms with van der Waals surface area (Å²) in [7, 11) is -1.78. The first-order valence-corrected chi connectivity index (χ1v) is 11.6. The molecule has 0 amide bonds. The SMILES string of the molecule is C(=Cc1ccccc1)C[P+](c1ccccc1)(c1ccccc1)c1ccccc1.[Cl-]. The molecule has 0 aliphatic rings. The van der Waals surface area contributed by atoms with Gasteiger partial charge in [0.05, 0.1) is 6.16 Å². The zero-order valence-corrected chi connectivity index (χ0v) is 17.9. The van der Waals surface area contributed by atoms with Crippen LogP contribution < -0.4 is 28.3 Å². The second-order valence-electron chi connectivity index (χ2n) is 6.81. The van der Waals surface area contributed by atoms with E-state index in [1.165, 1.54) is 21.5 Å². The summed E-state index contributed by atoms with van der Waals surface area (Å²) >= 11 is 0. The van der Waals surface area contributed by atoms with Gasteiger partial charge in [-0.1, -0.05) is 91.0 Å². The van der Waals surface area contributed by atoms with Gasteiger partial charge >= 0.3 is 0 Å². The van der Waals surface area contributed by atoms with Crippen molar-refractivity contribution >= 4 is 29.3 Å². The normalized spacial score (nSPS) is 11.2. The highest BCUT2D eigenvalue weighted by molar-refractivity contribution is 7.95. The predicted octanol–water partition coefficient (Wildman–Crippen LogP) is 2.70. The van der Waals surface area contributed by atoms with Crippen LogP contribution in [0, 0.1) is 0 Å². The van der Waals surface area contributed by atoms with Gasteiger partial charge in [0.1, 0.15) is 23.2 Å². The number of allylic oxidation sites excluding steroid dienone is 1. The molecule has 29 heavy (non-hydrogen) atoms. The molecule has 0 saturated carbocycles. The van der Waals surface area contributed by atoms with Crippen molar-refractivity contribution in [2.75, 3.05) is 6.16 Å². The largest absolute Gasteiger partial charge is 1.00 e. The summed E-state index contributed by atoms with van der Waals surface area (Å²) in [5.41, 5.74) is 1.25. The van der Waals surface area contributed by atoms with Crippen molar-refractivity contribution in [1.82, 2.24) is 0 Å². The van der Waals surface area contributed by atoms with Crippen LogP contribution in [0.4, 0.5) is 0 Å². The molecule has 4 rings (SSSR count). The number of hydrogen-bond acceptors (Lipinski definition) is 0. The minimum Gasteiger partial charge on any atom is -1.00 e. The summed E-state index contributed by atoms with van der Waals surface area (Å²) in [4.78, 5) is 0. The monoisotopic (exact) mass is 414 g/mol. The summed E-state index contributed by atoms with van der Waals surface area (Å²) in [5, 5.41) is 4.26. The summed E-state index contributed by atoms with van der Waals surface area (Å²) < 4.78 is 0. The van der Waals surface area contributed by atoms with E-state index in [9.17, 15) is 0 Å². The molecule has 2 heteroatoms.